The van der Waals surface area contributed by atoms with Gasteiger partial charge in [0.25, 0.3) is 0 Å². The van der Waals surface area contributed by atoms with Crippen LogP contribution in [0, 0.1) is 5.82 Å². The Balaban J connectivity index is 1.33. The molecule has 4 aromatic rings. The number of aryl methyl sites for hydroxylation is 1. The summed E-state index contributed by atoms with van der Waals surface area (Å²) < 4.78 is 17.4. The number of benzene rings is 2. The Kier molecular flexibility index (Phi) is 5.77. The number of carbonyl (C=O) groups excluding carboxylic acids is 1. The van der Waals surface area contributed by atoms with Crippen molar-refractivity contribution in [3.8, 4) is 16.9 Å². The average molecular weight is 486 g/mol. The molecular weight excluding hydrogens is 457 g/mol. The molecule has 9 heteroatoms. The largest absolute Gasteiger partial charge is 0.336 e. The highest BCUT2D eigenvalue weighted by Crippen LogP contribution is 2.35. The summed E-state index contributed by atoms with van der Waals surface area (Å²) in [4.78, 5) is 16.1. The second-order valence-corrected chi connectivity index (χ2v) is 9.40. The van der Waals surface area contributed by atoms with Gasteiger partial charge in [-0.25, -0.2) is 9.18 Å². The zero-order valence-electron chi connectivity index (χ0n) is 20.2. The van der Waals surface area contributed by atoms with Crippen LogP contribution in [0.25, 0.3) is 33.4 Å². The SMILES string of the molecule is Cn1cc(-c2ccc3c(c2)c(C2=CCN(CCN4CCNC4=O)CC2)cn3-c2ccc(F)cc2)nn1. The third-order valence-corrected chi connectivity index (χ3v) is 7.08. The van der Waals surface area contributed by atoms with E-state index in [0.717, 1.165) is 73.5 Å². The third-order valence-electron chi connectivity index (χ3n) is 7.08. The topological polar surface area (TPSA) is 71.2 Å². The van der Waals surface area contributed by atoms with E-state index >= 15 is 0 Å². The monoisotopic (exact) mass is 485 g/mol. The Labute approximate surface area is 208 Å². The first-order valence-electron chi connectivity index (χ1n) is 12.3. The molecule has 0 atom stereocenters. The Hall–Kier alpha value is -3.98. The summed E-state index contributed by atoms with van der Waals surface area (Å²) in [6, 6.07) is 13.0. The minimum Gasteiger partial charge on any atom is -0.336 e. The van der Waals surface area contributed by atoms with Crippen molar-refractivity contribution >= 4 is 22.5 Å². The highest BCUT2D eigenvalue weighted by molar-refractivity contribution is 5.96. The van der Waals surface area contributed by atoms with Crippen molar-refractivity contribution < 1.29 is 9.18 Å². The van der Waals surface area contributed by atoms with Gasteiger partial charge in [0.1, 0.15) is 11.5 Å². The van der Waals surface area contributed by atoms with Crippen LogP contribution < -0.4 is 5.32 Å². The minimum atomic E-state index is -0.248. The lowest BCUT2D eigenvalue weighted by atomic mass is 9.97. The first kappa shape index (κ1) is 22.5. The molecule has 2 aromatic carbocycles. The Morgan fingerprint density at radius 1 is 1.06 bits per heavy atom. The molecule has 2 aliphatic rings. The van der Waals surface area contributed by atoms with Crippen molar-refractivity contribution in [2.24, 2.45) is 7.05 Å². The van der Waals surface area contributed by atoms with E-state index in [4.69, 9.17) is 0 Å². The molecule has 1 N–H and O–H groups in total. The molecule has 184 valence electrons. The molecule has 0 radical (unpaired) electrons. The number of fused-ring (bicyclic) bond motifs is 1. The van der Waals surface area contributed by atoms with Gasteiger partial charge in [0.2, 0.25) is 0 Å². The fraction of sp³-hybridized carbons (Fsp3) is 0.296. The summed E-state index contributed by atoms with van der Waals surface area (Å²) in [6.07, 6.45) is 7.29. The summed E-state index contributed by atoms with van der Waals surface area (Å²) >= 11 is 0. The number of hydrogen-bond donors (Lipinski definition) is 1. The van der Waals surface area contributed by atoms with Crippen LogP contribution in [0.15, 0.2) is 60.9 Å². The number of aromatic nitrogens is 4. The van der Waals surface area contributed by atoms with Crippen LogP contribution in [0.2, 0.25) is 0 Å². The molecule has 2 aliphatic heterocycles. The fourth-order valence-electron chi connectivity index (χ4n) is 5.09. The van der Waals surface area contributed by atoms with Crippen LogP contribution in [-0.4, -0.2) is 74.7 Å². The molecule has 36 heavy (non-hydrogen) atoms. The number of hydrogen-bond acceptors (Lipinski definition) is 4. The van der Waals surface area contributed by atoms with E-state index in [-0.39, 0.29) is 11.8 Å². The summed E-state index contributed by atoms with van der Waals surface area (Å²) in [5.74, 6) is -0.248. The van der Waals surface area contributed by atoms with Gasteiger partial charge >= 0.3 is 6.03 Å². The van der Waals surface area contributed by atoms with Crippen LogP contribution in [0.4, 0.5) is 9.18 Å². The van der Waals surface area contributed by atoms with Gasteiger partial charge in [-0.3, -0.25) is 9.58 Å². The Morgan fingerprint density at radius 3 is 2.61 bits per heavy atom. The molecule has 6 rings (SSSR count). The molecule has 4 heterocycles. The maximum Gasteiger partial charge on any atom is 0.317 e. The number of carbonyl (C=O) groups is 1. The molecule has 8 nitrogen and oxygen atoms in total. The molecule has 2 aromatic heterocycles. The molecule has 1 fully saturated rings. The van der Waals surface area contributed by atoms with Crippen LogP contribution in [0.1, 0.15) is 12.0 Å². The molecule has 0 bridgehead atoms. The fourth-order valence-corrected chi connectivity index (χ4v) is 5.09. The number of urea groups is 1. The molecular formula is C27H28FN7O. The lowest BCUT2D eigenvalue weighted by Crippen LogP contribution is -2.38. The van der Waals surface area contributed by atoms with E-state index in [1.54, 1.807) is 16.8 Å². The van der Waals surface area contributed by atoms with E-state index < -0.39 is 0 Å². The van der Waals surface area contributed by atoms with Crippen LogP contribution in [-0.2, 0) is 7.05 Å². The number of nitrogens with zero attached hydrogens (tertiary/aromatic N) is 6. The number of halogens is 1. The number of nitrogens with one attached hydrogen (secondary N) is 1. The van der Waals surface area contributed by atoms with E-state index in [2.05, 4.69) is 55.6 Å². The minimum absolute atomic E-state index is 0.0377. The van der Waals surface area contributed by atoms with E-state index in [0.29, 0.717) is 0 Å². The van der Waals surface area contributed by atoms with Crippen molar-refractivity contribution in [1.82, 2.24) is 34.7 Å². The maximum atomic E-state index is 13.6. The average Bonchev–Trinajstić information content (AvgIpc) is 3.62. The van der Waals surface area contributed by atoms with Gasteiger partial charge in [0.05, 0.1) is 11.7 Å². The predicted octanol–water partition coefficient (Wildman–Crippen LogP) is 3.68. The van der Waals surface area contributed by atoms with E-state index in [1.807, 2.05) is 18.1 Å². The van der Waals surface area contributed by atoms with Crippen molar-refractivity contribution in [3.63, 3.8) is 0 Å². The molecule has 0 unspecified atom stereocenters. The van der Waals surface area contributed by atoms with Crippen molar-refractivity contribution in [3.05, 3.63) is 72.3 Å². The van der Waals surface area contributed by atoms with Gasteiger partial charge in [-0.05, 0) is 48.4 Å². The smallest absolute Gasteiger partial charge is 0.317 e. The highest BCUT2D eigenvalue weighted by atomic mass is 19.1. The standard InChI is InChI=1S/C27H28FN7O/c1-32-18-25(30-31-32)20-2-7-26-23(16-20)24(17-35(26)22-5-3-21(28)4-6-22)19-8-11-33(12-9-19)14-15-34-13-10-29-27(34)36/h2-8,16-18H,9-15H2,1H3,(H,29,36). The summed E-state index contributed by atoms with van der Waals surface area (Å²) in [7, 11) is 1.86. The third kappa shape index (κ3) is 4.26. The predicted molar refractivity (Wildman–Crippen MR) is 137 cm³/mol. The molecule has 0 saturated carbocycles. The summed E-state index contributed by atoms with van der Waals surface area (Å²) in [5.41, 5.74) is 6.30. The normalized spacial score (nSPS) is 16.6. The summed E-state index contributed by atoms with van der Waals surface area (Å²) in [6.45, 7) is 4.92. The van der Waals surface area contributed by atoms with Crippen LogP contribution in [0.5, 0.6) is 0 Å². The quantitative estimate of drug-likeness (QED) is 0.452. The van der Waals surface area contributed by atoms with Crippen molar-refractivity contribution in [2.75, 3.05) is 39.3 Å². The molecule has 0 spiro atoms. The van der Waals surface area contributed by atoms with Crippen LogP contribution >= 0.6 is 0 Å². The zero-order chi connectivity index (χ0) is 24.6. The second-order valence-electron chi connectivity index (χ2n) is 9.40. The second kappa shape index (κ2) is 9.23. The first-order chi connectivity index (χ1) is 17.5. The highest BCUT2D eigenvalue weighted by Gasteiger charge is 2.22. The van der Waals surface area contributed by atoms with Crippen LogP contribution in [0.3, 0.4) is 0 Å². The molecule has 2 amide bonds. The van der Waals surface area contributed by atoms with Crippen molar-refractivity contribution in [2.45, 2.75) is 6.42 Å². The molecule has 0 aliphatic carbocycles. The van der Waals surface area contributed by atoms with Gasteiger partial charge in [0, 0.05) is 74.7 Å². The zero-order valence-corrected chi connectivity index (χ0v) is 20.2. The number of amides is 2. The lowest BCUT2D eigenvalue weighted by molar-refractivity contribution is 0.205. The van der Waals surface area contributed by atoms with E-state index in [9.17, 15) is 9.18 Å². The van der Waals surface area contributed by atoms with Gasteiger partial charge in [-0.2, -0.15) is 0 Å². The van der Waals surface area contributed by atoms with Gasteiger partial charge < -0.3 is 14.8 Å². The van der Waals surface area contributed by atoms with Crippen molar-refractivity contribution in [1.29, 1.82) is 0 Å². The maximum absolute atomic E-state index is 13.6. The van der Waals surface area contributed by atoms with E-state index in [1.165, 1.54) is 23.3 Å². The molecule has 1 saturated heterocycles. The van der Waals surface area contributed by atoms with Gasteiger partial charge in [-0.1, -0.05) is 17.4 Å². The van der Waals surface area contributed by atoms with Gasteiger partial charge in [0.15, 0.2) is 0 Å². The first-order valence-corrected chi connectivity index (χ1v) is 12.3. The Bertz CT molecular complexity index is 1450. The number of rotatable bonds is 6. The lowest BCUT2D eigenvalue weighted by Gasteiger charge is -2.28. The van der Waals surface area contributed by atoms with Gasteiger partial charge in [-0.15, -0.1) is 5.10 Å². The summed E-state index contributed by atoms with van der Waals surface area (Å²) in [5, 5.41) is 12.4. The Morgan fingerprint density at radius 2 is 1.92 bits per heavy atom.